The molecule has 1 N–H and O–H groups in total. The average Bonchev–Trinajstić information content (AvgIpc) is 2.89. The van der Waals surface area contributed by atoms with E-state index in [2.05, 4.69) is 48.8 Å². The van der Waals surface area contributed by atoms with Crippen molar-refractivity contribution in [3.63, 3.8) is 0 Å². The molecule has 0 aliphatic carbocycles. The second-order valence-electron chi connectivity index (χ2n) is 6.49. The molecule has 1 aromatic carbocycles. The molecule has 0 fully saturated rings. The molecule has 0 saturated heterocycles. The van der Waals surface area contributed by atoms with Crippen LogP contribution < -0.4 is 4.74 Å². The van der Waals surface area contributed by atoms with E-state index in [9.17, 15) is 5.11 Å². The number of halogens is 1. The normalized spacial score (nSPS) is 21.8. The van der Waals surface area contributed by atoms with Gasteiger partial charge < -0.3 is 9.84 Å². The summed E-state index contributed by atoms with van der Waals surface area (Å²) in [5.74, 6) is 0.785. The van der Waals surface area contributed by atoms with E-state index >= 15 is 0 Å². The summed E-state index contributed by atoms with van der Waals surface area (Å²) in [7, 11) is 0. The van der Waals surface area contributed by atoms with Crippen molar-refractivity contribution in [3.8, 4) is 5.75 Å². The van der Waals surface area contributed by atoms with Gasteiger partial charge in [0.1, 0.15) is 11.9 Å². The Labute approximate surface area is 137 Å². The second kappa shape index (κ2) is 5.41. The highest BCUT2D eigenvalue weighted by Crippen LogP contribution is 2.44. The van der Waals surface area contributed by atoms with Crippen LogP contribution in [0.5, 0.6) is 5.75 Å². The summed E-state index contributed by atoms with van der Waals surface area (Å²) in [6.45, 7) is 6.64. The molecule has 1 aromatic heterocycles. The lowest BCUT2D eigenvalue weighted by molar-refractivity contribution is 0.0674. The third-order valence-corrected chi connectivity index (χ3v) is 5.82. The molecule has 112 valence electrons. The van der Waals surface area contributed by atoms with Crippen molar-refractivity contribution in [1.82, 2.24) is 0 Å². The van der Waals surface area contributed by atoms with Crippen LogP contribution in [0.25, 0.3) is 0 Å². The molecular weight excluding hydrogens is 348 g/mol. The van der Waals surface area contributed by atoms with Crippen LogP contribution in [-0.4, -0.2) is 5.11 Å². The van der Waals surface area contributed by atoms with Crippen LogP contribution in [0.1, 0.15) is 54.7 Å². The van der Waals surface area contributed by atoms with Gasteiger partial charge >= 0.3 is 0 Å². The van der Waals surface area contributed by atoms with Crippen LogP contribution in [-0.2, 0) is 5.41 Å². The number of thiophene rings is 1. The largest absolute Gasteiger partial charge is 0.484 e. The molecule has 2 aromatic rings. The van der Waals surface area contributed by atoms with E-state index in [1.807, 2.05) is 18.2 Å². The number of benzene rings is 1. The maximum absolute atomic E-state index is 10.4. The topological polar surface area (TPSA) is 29.5 Å². The molecule has 3 rings (SSSR count). The second-order valence-corrected chi connectivity index (χ2v) is 8.52. The monoisotopic (exact) mass is 366 g/mol. The Balaban J connectivity index is 1.89. The van der Waals surface area contributed by atoms with Crippen molar-refractivity contribution in [3.05, 3.63) is 50.1 Å². The highest BCUT2D eigenvalue weighted by molar-refractivity contribution is 9.10. The van der Waals surface area contributed by atoms with E-state index < -0.39 is 6.10 Å². The fourth-order valence-electron chi connectivity index (χ4n) is 2.52. The van der Waals surface area contributed by atoms with Crippen LogP contribution in [0, 0.1) is 0 Å². The van der Waals surface area contributed by atoms with E-state index in [1.165, 1.54) is 9.75 Å². The first kappa shape index (κ1) is 15.1. The van der Waals surface area contributed by atoms with E-state index in [1.54, 1.807) is 11.3 Å². The van der Waals surface area contributed by atoms with Crippen LogP contribution in [0.4, 0.5) is 0 Å². The maximum Gasteiger partial charge on any atom is 0.136 e. The van der Waals surface area contributed by atoms with E-state index in [0.717, 1.165) is 15.8 Å². The van der Waals surface area contributed by atoms with Gasteiger partial charge in [-0.25, -0.2) is 0 Å². The zero-order valence-electron chi connectivity index (χ0n) is 12.4. The van der Waals surface area contributed by atoms with Crippen molar-refractivity contribution in [2.24, 2.45) is 0 Å². The van der Waals surface area contributed by atoms with Gasteiger partial charge in [0.25, 0.3) is 0 Å². The first-order valence-corrected chi connectivity index (χ1v) is 8.70. The summed E-state index contributed by atoms with van der Waals surface area (Å²) in [6.07, 6.45) is 0.0688. The van der Waals surface area contributed by atoms with Crippen molar-refractivity contribution < 1.29 is 9.84 Å². The van der Waals surface area contributed by atoms with Crippen LogP contribution in [0.2, 0.25) is 0 Å². The first-order chi connectivity index (χ1) is 9.84. The van der Waals surface area contributed by atoms with Crippen molar-refractivity contribution in [2.75, 3.05) is 0 Å². The molecule has 1 aliphatic rings. The minimum absolute atomic E-state index is 0.0604. The van der Waals surface area contributed by atoms with E-state index in [0.29, 0.717) is 6.42 Å². The summed E-state index contributed by atoms with van der Waals surface area (Å²) in [6, 6.07) is 10.1. The third-order valence-electron chi connectivity index (χ3n) is 3.72. The SMILES string of the molecule is CC(C)(C)c1ccc(C2CC(O)c3cc(Br)ccc3O2)s1. The minimum atomic E-state index is -0.476. The van der Waals surface area contributed by atoms with Gasteiger partial charge in [0.05, 0.1) is 6.10 Å². The van der Waals surface area contributed by atoms with Gasteiger partial charge in [0.15, 0.2) is 0 Å². The molecule has 0 saturated carbocycles. The highest BCUT2D eigenvalue weighted by Gasteiger charge is 2.30. The Morgan fingerprint density at radius 2 is 2.00 bits per heavy atom. The fraction of sp³-hybridized carbons (Fsp3) is 0.412. The van der Waals surface area contributed by atoms with Crippen molar-refractivity contribution >= 4 is 27.3 Å². The Kier molecular flexibility index (Phi) is 3.89. The standard InChI is InChI=1S/C17H19BrO2S/c1-17(2,3)16-7-6-15(21-16)14-9-12(19)11-8-10(18)4-5-13(11)20-14/h4-8,12,14,19H,9H2,1-3H3. The lowest BCUT2D eigenvalue weighted by Crippen LogP contribution is -2.18. The summed E-state index contributed by atoms with van der Waals surface area (Å²) < 4.78 is 7.07. The smallest absolute Gasteiger partial charge is 0.136 e. The van der Waals surface area contributed by atoms with Crippen molar-refractivity contribution in [1.29, 1.82) is 0 Å². The molecular formula is C17H19BrO2S. The van der Waals surface area contributed by atoms with Crippen LogP contribution >= 0.6 is 27.3 Å². The van der Waals surface area contributed by atoms with E-state index in [-0.39, 0.29) is 11.5 Å². The molecule has 0 spiro atoms. The van der Waals surface area contributed by atoms with E-state index in [4.69, 9.17) is 4.74 Å². The molecule has 0 amide bonds. The molecule has 0 radical (unpaired) electrons. The lowest BCUT2D eigenvalue weighted by Gasteiger charge is -2.29. The summed E-state index contributed by atoms with van der Waals surface area (Å²) >= 11 is 5.22. The molecule has 4 heteroatoms. The number of aliphatic hydroxyl groups excluding tert-OH is 1. The van der Waals surface area contributed by atoms with Gasteiger partial charge in [-0.3, -0.25) is 0 Å². The first-order valence-electron chi connectivity index (χ1n) is 7.09. The molecule has 0 bridgehead atoms. The molecule has 1 aliphatic heterocycles. The minimum Gasteiger partial charge on any atom is -0.484 e. The number of ether oxygens (including phenoxy) is 1. The number of fused-ring (bicyclic) bond motifs is 1. The number of hydrogen-bond acceptors (Lipinski definition) is 3. The number of hydrogen-bond donors (Lipinski definition) is 1. The zero-order valence-corrected chi connectivity index (χ0v) is 14.8. The van der Waals surface area contributed by atoms with Crippen molar-refractivity contribution in [2.45, 2.75) is 44.8 Å². The lowest BCUT2D eigenvalue weighted by atomic mass is 9.95. The summed E-state index contributed by atoms with van der Waals surface area (Å²) in [5, 5.41) is 10.4. The fourth-order valence-corrected chi connectivity index (χ4v) is 4.01. The molecule has 2 atom stereocenters. The number of rotatable bonds is 1. The van der Waals surface area contributed by atoms with Gasteiger partial charge in [-0.1, -0.05) is 36.7 Å². The zero-order chi connectivity index (χ0) is 15.2. The van der Waals surface area contributed by atoms with Gasteiger partial charge in [-0.2, -0.15) is 0 Å². The quantitative estimate of drug-likeness (QED) is 0.735. The summed E-state index contributed by atoms with van der Waals surface area (Å²) in [4.78, 5) is 2.53. The van der Waals surface area contributed by atoms with Gasteiger partial charge in [-0.05, 0) is 35.7 Å². The Hall–Kier alpha value is -0.840. The average molecular weight is 367 g/mol. The Morgan fingerprint density at radius 1 is 1.24 bits per heavy atom. The molecule has 2 unspecified atom stereocenters. The predicted octanol–water partition coefficient (Wildman–Crippen LogP) is 5.37. The van der Waals surface area contributed by atoms with Gasteiger partial charge in [0, 0.05) is 26.2 Å². The Bertz CT molecular complexity index is 657. The summed E-state index contributed by atoms with van der Waals surface area (Å²) in [5.41, 5.74) is 1.02. The third kappa shape index (κ3) is 3.03. The van der Waals surface area contributed by atoms with Crippen LogP contribution in [0.3, 0.4) is 0 Å². The molecule has 2 nitrogen and oxygen atoms in total. The highest BCUT2D eigenvalue weighted by atomic mass is 79.9. The van der Waals surface area contributed by atoms with Gasteiger partial charge in [0.2, 0.25) is 0 Å². The van der Waals surface area contributed by atoms with Crippen LogP contribution in [0.15, 0.2) is 34.8 Å². The molecule has 21 heavy (non-hydrogen) atoms. The Morgan fingerprint density at radius 3 is 2.67 bits per heavy atom. The predicted molar refractivity (Wildman–Crippen MR) is 90.1 cm³/mol. The van der Waals surface area contributed by atoms with Gasteiger partial charge in [-0.15, -0.1) is 11.3 Å². The molecule has 2 heterocycles. The maximum atomic E-state index is 10.4. The number of aliphatic hydroxyl groups is 1.